The number of hydrogen-bond donors (Lipinski definition) is 1. The van der Waals surface area contributed by atoms with Crippen molar-refractivity contribution in [3.8, 4) is 0 Å². The summed E-state index contributed by atoms with van der Waals surface area (Å²) < 4.78 is 6.92. The van der Waals surface area contributed by atoms with Gasteiger partial charge in [0.1, 0.15) is 6.54 Å². The Morgan fingerprint density at radius 2 is 2.32 bits per heavy atom. The topological polar surface area (TPSA) is 77.1 Å². The number of aromatic nitrogens is 2. The van der Waals surface area contributed by atoms with Gasteiger partial charge in [-0.15, -0.1) is 16.4 Å². The fourth-order valence-corrected chi connectivity index (χ4v) is 4.31. The molecule has 0 aromatic carbocycles. The van der Waals surface area contributed by atoms with Crippen LogP contribution in [0.5, 0.6) is 0 Å². The fourth-order valence-electron chi connectivity index (χ4n) is 2.68. The predicted octanol–water partition coefficient (Wildman–Crippen LogP) is 2.21. The van der Waals surface area contributed by atoms with Crippen molar-refractivity contribution in [3.63, 3.8) is 0 Å². The summed E-state index contributed by atoms with van der Waals surface area (Å²) in [5.41, 5.74) is 0.0387. The molecule has 22 heavy (non-hydrogen) atoms. The van der Waals surface area contributed by atoms with Gasteiger partial charge in [-0.1, -0.05) is 6.42 Å². The lowest BCUT2D eigenvalue weighted by Gasteiger charge is -2.41. The average molecular weight is 386 g/mol. The summed E-state index contributed by atoms with van der Waals surface area (Å²) in [6, 6.07) is 4.16. The molecule has 3 rings (SSSR count). The zero-order valence-electron chi connectivity index (χ0n) is 12.1. The summed E-state index contributed by atoms with van der Waals surface area (Å²) in [5.74, 6) is -0.567. The number of carbonyl (C=O) groups is 1. The number of halogens is 1. The molecule has 1 aliphatic rings. The van der Waals surface area contributed by atoms with E-state index in [9.17, 15) is 9.59 Å². The first-order chi connectivity index (χ1) is 10.5. The summed E-state index contributed by atoms with van der Waals surface area (Å²) >= 11 is 5.20. The maximum absolute atomic E-state index is 12.0. The van der Waals surface area contributed by atoms with Gasteiger partial charge in [-0.05, 0) is 40.9 Å². The Kier molecular flexibility index (Phi) is 4.22. The Labute approximate surface area is 139 Å². The highest BCUT2D eigenvalue weighted by molar-refractivity contribution is 9.11. The molecule has 2 aromatic rings. The highest BCUT2D eigenvalue weighted by Crippen LogP contribution is 2.46. The second kappa shape index (κ2) is 6.00. The molecule has 0 unspecified atom stereocenters. The lowest BCUT2D eigenvalue weighted by molar-refractivity contribution is -0.122. The molecule has 1 amide bonds. The van der Waals surface area contributed by atoms with E-state index < -0.39 is 5.76 Å². The quantitative estimate of drug-likeness (QED) is 0.855. The lowest BCUT2D eigenvalue weighted by atomic mass is 9.67. The monoisotopic (exact) mass is 385 g/mol. The van der Waals surface area contributed by atoms with Gasteiger partial charge in [0.2, 0.25) is 11.8 Å². The average Bonchev–Trinajstić information content (AvgIpc) is 2.95. The van der Waals surface area contributed by atoms with Crippen molar-refractivity contribution in [1.29, 1.82) is 0 Å². The van der Waals surface area contributed by atoms with Gasteiger partial charge in [0.25, 0.3) is 0 Å². The van der Waals surface area contributed by atoms with E-state index in [1.807, 2.05) is 6.07 Å². The Balaban J connectivity index is 1.62. The van der Waals surface area contributed by atoms with Crippen molar-refractivity contribution in [3.05, 3.63) is 37.2 Å². The van der Waals surface area contributed by atoms with Crippen LogP contribution in [0.4, 0.5) is 0 Å². The molecule has 0 radical (unpaired) electrons. The van der Waals surface area contributed by atoms with Gasteiger partial charge in [-0.2, -0.15) is 4.68 Å². The molecule has 118 valence electrons. The van der Waals surface area contributed by atoms with Gasteiger partial charge in [0.15, 0.2) is 0 Å². The van der Waals surface area contributed by atoms with Crippen LogP contribution < -0.4 is 11.1 Å². The SMILES string of the molecule is Cc1nn(CC(=O)NCC2(c3ccc(Br)s3)CCC2)c(=O)o1. The molecule has 8 heteroatoms. The molecule has 0 aliphatic heterocycles. The zero-order chi connectivity index (χ0) is 15.7. The largest absolute Gasteiger partial charge is 0.437 e. The lowest BCUT2D eigenvalue weighted by Crippen LogP contribution is -2.46. The molecule has 0 saturated heterocycles. The Hall–Kier alpha value is -1.41. The number of thiophene rings is 1. The number of nitrogens with zero attached hydrogens (tertiary/aromatic N) is 2. The molecule has 1 aliphatic carbocycles. The van der Waals surface area contributed by atoms with Crippen molar-refractivity contribution in [2.45, 2.75) is 38.1 Å². The Morgan fingerprint density at radius 3 is 2.82 bits per heavy atom. The van der Waals surface area contributed by atoms with E-state index in [1.165, 1.54) is 11.3 Å². The first-order valence-corrected chi connectivity index (χ1v) is 8.67. The van der Waals surface area contributed by atoms with E-state index in [2.05, 4.69) is 32.4 Å². The van der Waals surface area contributed by atoms with Gasteiger partial charge >= 0.3 is 5.76 Å². The van der Waals surface area contributed by atoms with Gasteiger partial charge in [0, 0.05) is 23.8 Å². The minimum Gasteiger partial charge on any atom is -0.393 e. The number of aryl methyl sites for hydroxylation is 1. The van der Waals surface area contributed by atoms with Crippen molar-refractivity contribution in [1.82, 2.24) is 15.1 Å². The fraction of sp³-hybridized carbons (Fsp3) is 0.500. The van der Waals surface area contributed by atoms with Gasteiger partial charge in [-0.3, -0.25) is 4.79 Å². The first kappa shape index (κ1) is 15.5. The molecule has 0 spiro atoms. The second-order valence-corrected chi connectivity index (χ2v) is 8.02. The summed E-state index contributed by atoms with van der Waals surface area (Å²) in [7, 11) is 0. The molecule has 1 N–H and O–H groups in total. The van der Waals surface area contributed by atoms with E-state index in [0.717, 1.165) is 21.3 Å². The standard InChI is InChI=1S/C14H16BrN3O3S/c1-9-17-18(13(20)21-9)7-12(19)16-8-14(5-2-6-14)10-3-4-11(15)22-10/h3-4H,2,5-8H2,1H3,(H,16,19). The molecule has 0 bridgehead atoms. The van der Waals surface area contributed by atoms with Crippen molar-refractivity contribution in [2.24, 2.45) is 0 Å². The van der Waals surface area contributed by atoms with Crippen LogP contribution in [0.25, 0.3) is 0 Å². The van der Waals surface area contributed by atoms with Crippen molar-refractivity contribution in [2.75, 3.05) is 6.54 Å². The first-order valence-electron chi connectivity index (χ1n) is 7.06. The minimum absolute atomic E-state index is 0.0387. The van der Waals surface area contributed by atoms with Gasteiger partial charge in [0.05, 0.1) is 3.79 Å². The molecule has 6 nitrogen and oxygen atoms in total. The van der Waals surface area contributed by atoms with E-state index in [0.29, 0.717) is 6.54 Å². The summed E-state index contributed by atoms with van der Waals surface area (Å²) in [6.45, 7) is 2.05. The Bertz CT molecular complexity index is 745. The van der Waals surface area contributed by atoms with Crippen LogP contribution in [0.15, 0.2) is 25.1 Å². The number of rotatable bonds is 5. The molecule has 1 saturated carbocycles. The smallest absolute Gasteiger partial charge is 0.393 e. The predicted molar refractivity (Wildman–Crippen MR) is 86.1 cm³/mol. The van der Waals surface area contributed by atoms with Crippen LogP contribution in [-0.2, 0) is 16.8 Å². The third-order valence-electron chi connectivity index (χ3n) is 4.03. The summed E-state index contributed by atoms with van der Waals surface area (Å²) in [6.07, 6.45) is 3.32. The van der Waals surface area contributed by atoms with Crippen LogP contribution in [0.1, 0.15) is 30.0 Å². The van der Waals surface area contributed by atoms with Crippen molar-refractivity contribution < 1.29 is 9.21 Å². The summed E-state index contributed by atoms with van der Waals surface area (Å²) in [5, 5.41) is 6.79. The van der Waals surface area contributed by atoms with Gasteiger partial charge < -0.3 is 9.73 Å². The zero-order valence-corrected chi connectivity index (χ0v) is 14.5. The number of carbonyl (C=O) groups excluding carboxylic acids is 1. The van der Waals surface area contributed by atoms with Crippen molar-refractivity contribution >= 4 is 33.2 Å². The number of amides is 1. The van der Waals surface area contributed by atoms with Crippen LogP contribution in [-0.4, -0.2) is 22.2 Å². The number of hydrogen-bond acceptors (Lipinski definition) is 5. The van der Waals surface area contributed by atoms with Crippen LogP contribution in [0, 0.1) is 6.92 Å². The molecular weight excluding hydrogens is 370 g/mol. The molecule has 2 heterocycles. The number of nitrogens with one attached hydrogen (secondary N) is 1. The van der Waals surface area contributed by atoms with E-state index in [-0.39, 0.29) is 23.8 Å². The van der Waals surface area contributed by atoms with E-state index in [4.69, 9.17) is 4.42 Å². The van der Waals surface area contributed by atoms with E-state index >= 15 is 0 Å². The second-order valence-electron chi connectivity index (χ2n) is 5.56. The molecule has 1 fully saturated rings. The van der Waals surface area contributed by atoms with Crippen LogP contribution >= 0.6 is 27.3 Å². The highest BCUT2D eigenvalue weighted by atomic mass is 79.9. The molecule has 0 atom stereocenters. The minimum atomic E-state index is -0.604. The van der Waals surface area contributed by atoms with Crippen LogP contribution in [0.3, 0.4) is 0 Å². The Morgan fingerprint density at radius 1 is 1.55 bits per heavy atom. The highest BCUT2D eigenvalue weighted by Gasteiger charge is 2.40. The summed E-state index contributed by atoms with van der Waals surface area (Å²) in [4.78, 5) is 24.7. The normalized spacial score (nSPS) is 16.3. The maximum atomic E-state index is 12.0. The molecule has 2 aromatic heterocycles. The molecular formula is C14H16BrN3O3S. The van der Waals surface area contributed by atoms with Gasteiger partial charge in [-0.25, -0.2) is 4.79 Å². The van der Waals surface area contributed by atoms with E-state index in [1.54, 1.807) is 18.3 Å². The maximum Gasteiger partial charge on any atom is 0.437 e. The third kappa shape index (κ3) is 3.03. The van der Waals surface area contributed by atoms with Crippen LogP contribution in [0.2, 0.25) is 0 Å². The third-order valence-corrected chi connectivity index (χ3v) is 5.90.